The summed E-state index contributed by atoms with van der Waals surface area (Å²) < 4.78 is 0.977. The number of carbonyl (C=O) groups excluding carboxylic acids is 1. The number of benzene rings is 2. The zero-order chi connectivity index (χ0) is 13.0. The first-order valence-corrected chi connectivity index (χ1v) is 6.56. The van der Waals surface area contributed by atoms with Crippen LogP contribution in [0.4, 0.5) is 0 Å². The Bertz CT molecular complexity index is 573. The number of rotatable bonds is 3. The maximum Gasteiger partial charge on any atom is 0.187 e. The van der Waals surface area contributed by atoms with Gasteiger partial charge in [-0.25, -0.2) is 0 Å². The lowest BCUT2D eigenvalue weighted by molar-refractivity contribution is 0.104. The lowest BCUT2D eigenvalue weighted by Gasteiger charge is -2.00. The number of hydrogen-bond donors (Lipinski definition) is 0. The summed E-state index contributed by atoms with van der Waals surface area (Å²) in [4.78, 5) is 11.9. The lowest BCUT2D eigenvalue weighted by Crippen LogP contribution is -1.94. The molecule has 0 unspecified atom stereocenters. The molecule has 90 valence electrons. The molecule has 0 aliphatic heterocycles. The van der Waals surface area contributed by atoms with E-state index in [0.717, 1.165) is 10.0 Å². The van der Waals surface area contributed by atoms with E-state index in [1.807, 2.05) is 42.5 Å². The predicted molar refractivity (Wildman–Crippen MR) is 78.7 cm³/mol. The van der Waals surface area contributed by atoms with Gasteiger partial charge < -0.3 is 0 Å². The molecule has 0 aromatic heterocycles. The average Bonchev–Trinajstić information content (AvgIpc) is 2.40. The Labute approximate surface area is 119 Å². The van der Waals surface area contributed by atoms with Crippen LogP contribution in [0.15, 0.2) is 65.1 Å². The zero-order valence-corrected chi connectivity index (χ0v) is 11.8. The molecule has 0 saturated heterocycles. The van der Waals surface area contributed by atoms with Gasteiger partial charge in [0.25, 0.3) is 0 Å². The number of halogens is 2. The molecule has 0 aliphatic rings. The molecule has 3 heteroatoms. The molecule has 1 nitrogen and oxygen atoms in total. The molecule has 0 bridgehead atoms. The van der Waals surface area contributed by atoms with E-state index in [2.05, 4.69) is 15.9 Å². The van der Waals surface area contributed by atoms with Gasteiger partial charge in [0.05, 0.1) is 5.03 Å². The van der Waals surface area contributed by atoms with Crippen molar-refractivity contribution in [2.24, 2.45) is 0 Å². The van der Waals surface area contributed by atoms with Crippen molar-refractivity contribution in [3.05, 3.63) is 76.3 Å². The maximum absolute atomic E-state index is 11.9. The number of hydrogen-bond acceptors (Lipinski definition) is 1. The second kappa shape index (κ2) is 5.98. The van der Waals surface area contributed by atoms with Gasteiger partial charge in [0.1, 0.15) is 0 Å². The number of allylic oxidation sites excluding steroid dienone is 1. The van der Waals surface area contributed by atoms with Crippen molar-refractivity contribution in [3.63, 3.8) is 0 Å². The average molecular weight is 322 g/mol. The van der Waals surface area contributed by atoms with Gasteiger partial charge in [-0.15, -0.1) is 0 Å². The summed E-state index contributed by atoms with van der Waals surface area (Å²) in [6, 6.07) is 16.6. The zero-order valence-electron chi connectivity index (χ0n) is 9.44. The second-order valence-corrected chi connectivity index (χ2v) is 5.05. The molecule has 0 heterocycles. The summed E-state index contributed by atoms with van der Waals surface area (Å²) in [6.07, 6.45) is 1.44. The molecule has 2 aromatic carbocycles. The summed E-state index contributed by atoms with van der Waals surface area (Å²) in [5.41, 5.74) is 1.46. The van der Waals surface area contributed by atoms with Crippen LogP contribution in [-0.4, -0.2) is 5.78 Å². The largest absolute Gasteiger partial charge is 0.289 e. The Balaban J connectivity index is 2.23. The summed E-state index contributed by atoms with van der Waals surface area (Å²) in [7, 11) is 0. The summed E-state index contributed by atoms with van der Waals surface area (Å²) >= 11 is 9.48. The standard InChI is InChI=1S/C15H10BrClO/c16-13-8-6-11(7-9-13)14(17)10-15(18)12-4-2-1-3-5-12/h1-10H/b14-10+. The van der Waals surface area contributed by atoms with Crippen LogP contribution in [0.25, 0.3) is 5.03 Å². The van der Waals surface area contributed by atoms with Crippen LogP contribution in [0.2, 0.25) is 0 Å². The first kappa shape index (κ1) is 13.1. The van der Waals surface area contributed by atoms with Gasteiger partial charge in [0.2, 0.25) is 0 Å². The van der Waals surface area contributed by atoms with Gasteiger partial charge >= 0.3 is 0 Å². The van der Waals surface area contributed by atoms with Crippen molar-refractivity contribution in [3.8, 4) is 0 Å². The normalized spacial score (nSPS) is 11.3. The monoisotopic (exact) mass is 320 g/mol. The fourth-order valence-corrected chi connectivity index (χ4v) is 1.98. The minimum Gasteiger partial charge on any atom is -0.289 e. The Morgan fingerprint density at radius 1 is 0.944 bits per heavy atom. The molecular weight excluding hydrogens is 312 g/mol. The van der Waals surface area contributed by atoms with Crippen molar-refractivity contribution >= 4 is 38.3 Å². The highest BCUT2D eigenvalue weighted by molar-refractivity contribution is 9.10. The lowest BCUT2D eigenvalue weighted by atomic mass is 10.1. The molecule has 0 atom stereocenters. The molecule has 0 saturated carbocycles. The van der Waals surface area contributed by atoms with Crippen LogP contribution in [0, 0.1) is 0 Å². The third kappa shape index (κ3) is 3.31. The van der Waals surface area contributed by atoms with E-state index in [9.17, 15) is 4.79 Å². The number of ketones is 1. The van der Waals surface area contributed by atoms with E-state index < -0.39 is 0 Å². The third-order valence-electron chi connectivity index (χ3n) is 2.44. The SMILES string of the molecule is O=C(/C=C(/Cl)c1ccc(Br)cc1)c1ccccc1. The van der Waals surface area contributed by atoms with E-state index in [-0.39, 0.29) is 5.78 Å². The Kier molecular flexibility index (Phi) is 4.34. The molecule has 2 rings (SSSR count). The molecule has 0 fully saturated rings. The van der Waals surface area contributed by atoms with Crippen LogP contribution in [0.1, 0.15) is 15.9 Å². The van der Waals surface area contributed by atoms with Crippen LogP contribution in [0.3, 0.4) is 0 Å². The van der Waals surface area contributed by atoms with Gasteiger partial charge in [-0.05, 0) is 17.7 Å². The van der Waals surface area contributed by atoms with E-state index in [0.29, 0.717) is 10.6 Å². The van der Waals surface area contributed by atoms with E-state index >= 15 is 0 Å². The van der Waals surface area contributed by atoms with Gasteiger partial charge in [0.15, 0.2) is 5.78 Å². The first-order chi connectivity index (χ1) is 8.66. The molecule has 0 aliphatic carbocycles. The number of carbonyl (C=O) groups is 1. The van der Waals surface area contributed by atoms with Gasteiger partial charge in [0, 0.05) is 16.1 Å². The smallest absolute Gasteiger partial charge is 0.187 e. The Morgan fingerprint density at radius 3 is 2.17 bits per heavy atom. The topological polar surface area (TPSA) is 17.1 Å². The summed E-state index contributed by atoms with van der Waals surface area (Å²) in [5, 5.41) is 0.441. The van der Waals surface area contributed by atoms with E-state index in [1.165, 1.54) is 6.08 Å². The highest BCUT2D eigenvalue weighted by Gasteiger charge is 2.04. The van der Waals surface area contributed by atoms with Gasteiger partial charge in [-0.1, -0.05) is 70.0 Å². The molecule has 0 N–H and O–H groups in total. The van der Waals surface area contributed by atoms with Gasteiger partial charge in [-0.2, -0.15) is 0 Å². The quantitative estimate of drug-likeness (QED) is 0.580. The van der Waals surface area contributed by atoms with Crippen molar-refractivity contribution in [2.75, 3.05) is 0 Å². The van der Waals surface area contributed by atoms with Crippen molar-refractivity contribution < 1.29 is 4.79 Å². The predicted octanol–water partition coefficient (Wildman–Crippen LogP) is 4.91. The highest BCUT2D eigenvalue weighted by atomic mass is 79.9. The molecule has 0 radical (unpaired) electrons. The van der Waals surface area contributed by atoms with Crippen molar-refractivity contribution in [2.45, 2.75) is 0 Å². The highest BCUT2D eigenvalue weighted by Crippen LogP contribution is 2.21. The fourth-order valence-electron chi connectivity index (χ4n) is 1.49. The van der Waals surface area contributed by atoms with Crippen molar-refractivity contribution in [1.82, 2.24) is 0 Å². The first-order valence-electron chi connectivity index (χ1n) is 5.39. The van der Waals surface area contributed by atoms with Crippen LogP contribution in [-0.2, 0) is 0 Å². The van der Waals surface area contributed by atoms with Crippen LogP contribution in [0.5, 0.6) is 0 Å². The summed E-state index contributed by atoms with van der Waals surface area (Å²) in [5.74, 6) is -0.0940. The molecule has 0 amide bonds. The molecule has 2 aromatic rings. The maximum atomic E-state index is 11.9. The minimum absolute atomic E-state index is 0.0940. The van der Waals surface area contributed by atoms with Gasteiger partial charge in [-0.3, -0.25) is 4.79 Å². The Hall–Kier alpha value is -1.38. The van der Waals surface area contributed by atoms with E-state index in [4.69, 9.17) is 11.6 Å². The minimum atomic E-state index is -0.0940. The Morgan fingerprint density at radius 2 is 1.56 bits per heavy atom. The molecule has 0 spiro atoms. The second-order valence-electron chi connectivity index (χ2n) is 3.73. The van der Waals surface area contributed by atoms with Crippen molar-refractivity contribution in [1.29, 1.82) is 0 Å². The molecule has 18 heavy (non-hydrogen) atoms. The van der Waals surface area contributed by atoms with E-state index in [1.54, 1.807) is 12.1 Å². The van der Waals surface area contributed by atoms with Crippen LogP contribution >= 0.6 is 27.5 Å². The fraction of sp³-hybridized carbons (Fsp3) is 0. The molecular formula is C15H10BrClO. The third-order valence-corrected chi connectivity index (χ3v) is 3.29. The summed E-state index contributed by atoms with van der Waals surface area (Å²) in [6.45, 7) is 0. The van der Waals surface area contributed by atoms with Crippen LogP contribution < -0.4 is 0 Å².